The normalized spacial score (nSPS) is 52.3. The molecule has 0 aromatic carbocycles. The van der Waals surface area contributed by atoms with Crippen molar-refractivity contribution in [2.45, 2.75) is 95.9 Å². The molecule has 4 nitrogen and oxygen atoms in total. The smallest absolute Gasteiger partial charge is 0.174 e. The standard InChI is InChI=1S/C24H40O4/c1-21-11-12-23(26,8-3-13-25)16-17(21)4-5-18-19(21)6-9-22(2)20(18)7-10-24(22)27-14-15-28-24/h17-20,25-26H,3-16H2,1-2H3/t17?,18-,19+,20+,21+,22+,23+/m1/s1. The molecular formula is C24H40O4. The van der Waals surface area contributed by atoms with Gasteiger partial charge in [-0.1, -0.05) is 13.8 Å². The molecule has 1 heterocycles. The fourth-order valence-electron chi connectivity index (χ4n) is 8.84. The van der Waals surface area contributed by atoms with Crippen molar-refractivity contribution in [2.24, 2.45) is 34.5 Å². The van der Waals surface area contributed by atoms with E-state index in [0.717, 1.165) is 69.5 Å². The predicted molar refractivity (Wildman–Crippen MR) is 108 cm³/mol. The first-order chi connectivity index (χ1) is 13.4. The van der Waals surface area contributed by atoms with Crippen LogP contribution in [-0.2, 0) is 9.47 Å². The van der Waals surface area contributed by atoms with Gasteiger partial charge in [0.25, 0.3) is 0 Å². The van der Waals surface area contributed by atoms with Crippen LogP contribution in [0.2, 0.25) is 0 Å². The van der Waals surface area contributed by atoms with Gasteiger partial charge in [-0.05, 0) is 93.3 Å². The van der Waals surface area contributed by atoms with Crippen LogP contribution < -0.4 is 0 Å². The fraction of sp³-hybridized carbons (Fsp3) is 1.00. The van der Waals surface area contributed by atoms with Gasteiger partial charge in [0.05, 0.1) is 18.8 Å². The summed E-state index contributed by atoms with van der Waals surface area (Å²) in [6.07, 6.45) is 12.0. The van der Waals surface area contributed by atoms with Crippen molar-refractivity contribution < 1.29 is 19.7 Å². The maximum atomic E-state index is 11.1. The predicted octanol–water partition coefficient (Wildman–Crippen LogP) is 4.28. The second kappa shape index (κ2) is 6.67. The molecule has 4 heteroatoms. The molecule has 0 bridgehead atoms. The first-order valence-electron chi connectivity index (χ1n) is 12.0. The second-order valence-corrected chi connectivity index (χ2v) is 11.4. The van der Waals surface area contributed by atoms with Crippen LogP contribution in [0.1, 0.15) is 84.5 Å². The molecule has 1 aliphatic heterocycles. The van der Waals surface area contributed by atoms with Crippen molar-refractivity contribution in [3.05, 3.63) is 0 Å². The molecule has 4 saturated carbocycles. The number of hydrogen-bond donors (Lipinski definition) is 2. The maximum absolute atomic E-state index is 11.1. The maximum Gasteiger partial charge on any atom is 0.174 e. The third kappa shape index (κ3) is 2.63. The zero-order valence-electron chi connectivity index (χ0n) is 17.9. The zero-order valence-corrected chi connectivity index (χ0v) is 17.9. The van der Waals surface area contributed by atoms with Gasteiger partial charge in [-0.2, -0.15) is 0 Å². The minimum absolute atomic E-state index is 0.185. The first-order valence-corrected chi connectivity index (χ1v) is 12.0. The van der Waals surface area contributed by atoms with Crippen LogP contribution in [0.4, 0.5) is 0 Å². The molecule has 0 aromatic rings. The van der Waals surface area contributed by atoms with E-state index in [4.69, 9.17) is 9.47 Å². The first kappa shape index (κ1) is 19.8. The average Bonchev–Trinajstić information content (AvgIpc) is 3.27. The van der Waals surface area contributed by atoms with Crippen molar-refractivity contribution in [2.75, 3.05) is 19.8 Å². The molecule has 5 rings (SSSR count). The fourth-order valence-corrected chi connectivity index (χ4v) is 8.84. The lowest BCUT2D eigenvalue weighted by atomic mass is 9.44. The van der Waals surface area contributed by atoms with Crippen molar-refractivity contribution in [3.63, 3.8) is 0 Å². The van der Waals surface area contributed by atoms with Crippen molar-refractivity contribution >= 4 is 0 Å². The average molecular weight is 393 g/mol. The number of fused-ring (bicyclic) bond motifs is 6. The Kier molecular flexibility index (Phi) is 4.71. The molecule has 1 unspecified atom stereocenters. The molecular weight excluding hydrogens is 352 g/mol. The van der Waals surface area contributed by atoms with Gasteiger partial charge in [0, 0.05) is 18.4 Å². The van der Waals surface area contributed by atoms with Gasteiger partial charge in [0.2, 0.25) is 0 Å². The summed E-state index contributed by atoms with van der Waals surface area (Å²) in [5.41, 5.74) is 0.0269. The molecule has 2 N–H and O–H groups in total. The van der Waals surface area contributed by atoms with Crippen LogP contribution in [0, 0.1) is 34.5 Å². The van der Waals surface area contributed by atoms with E-state index in [9.17, 15) is 10.2 Å². The summed E-state index contributed by atoms with van der Waals surface area (Å²) in [6, 6.07) is 0. The minimum Gasteiger partial charge on any atom is -0.396 e. The molecule has 7 atom stereocenters. The molecule has 5 aliphatic rings. The summed E-state index contributed by atoms with van der Waals surface area (Å²) < 4.78 is 12.5. The van der Waals surface area contributed by atoms with Gasteiger partial charge >= 0.3 is 0 Å². The Balaban J connectivity index is 1.36. The van der Waals surface area contributed by atoms with E-state index in [1.165, 1.54) is 32.1 Å². The van der Waals surface area contributed by atoms with Gasteiger partial charge in [0.15, 0.2) is 5.79 Å². The number of aliphatic hydroxyl groups is 2. The van der Waals surface area contributed by atoms with Crippen LogP contribution in [0.3, 0.4) is 0 Å². The van der Waals surface area contributed by atoms with E-state index in [1.54, 1.807) is 0 Å². The summed E-state index contributed by atoms with van der Waals surface area (Å²) in [5, 5.41) is 20.4. The SMILES string of the molecule is C[C@]12CC[C@@](O)(CCCO)CC1CC[C@@H]1[C@@H]2CC[C@@]2(C)[C@H]1CCC21OCCO1. The number of hydrogen-bond acceptors (Lipinski definition) is 4. The van der Waals surface area contributed by atoms with Gasteiger partial charge in [-0.25, -0.2) is 0 Å². The van der Waals surface area contributed by atoms with Crippen LogP contribution >= 0.6 is 0 Å². The third-order valence-electron chi connectivity index (χ3n) is 10.4. The van der Waals surface area contributed by atoms with Crippen LogP contribution in [0.15, 0.2) is 0 Å². The van der Waals surface area contributed by atoms with Crippen molar-refractivity contribution in [1.82, 2.24) is 0 Å². The van der Waals surface area contributed by atoms with Gasteiger partial charge < -0.3 is 19.7 Å². The van der Waals surface area contributed by atoms with E-state index in [0.29, 0.717) is 11.3 Å². The van der Waals surface area contributed by atoms with Crippen LogP contribution in [-0.4, -0.2) is 41.4 Å². The molecule has 1 saturated heterocycles. The number of aliphatic hydroxyl groups excluding tert-OH is 1. The lowest BCUT2D eigenvalue weighted by Crippen LogP contribution is -2.58. The highest BCUT2D eigenvalue weighted by atomic mass is 16.7. The molecule has 0 aromatic heterocycles. The number of rotatable bonds is 3. The highest BCUT2D eigenvalue weighted by molar-refractivity contribution is 5.13. The van der Waals surface area contributed by atoms with Crippen molar-refractivity contribution in [1.29, 1.82) is 0 Å². The minimum atomic E-state index is -0.536. The van der Waals surface area contributed by atoms with E-state index >= 15 is 0 Å². The molecule has 0 amide bonds. The Labute approximate surface area is 170 Å². The quantitative estimate of drug-likeness (QED) is 0.753. The summed E-state index contributed by atoms with van der Waals surface area (Å²) in [7, 11) is 0. The van der Waals surface area contributed by atoms with Gasteiger partial charge in [-0.15, -0.1) is 0 Å². The Morgan fingerprint density at radius 2 is 1.64 bits per heavy atom. The molecule has 4 aliphatic carbocycles. The third-order valence-corrected chi connectivity index (χ3v) is 10.4. The highest BCUT2D eigenvalue weighted by Gasteiger charge is 2.67. The van der Waals surface area contributed by atoms with Crippen molar-refractivity contribution in [3.8, 4) is 0 Å². The Morgan fingerprint density at radius 1 is 0.893 bits per heavy atom. The summed E-state index contributed by atoms with van der Waals surface area (Å²) >= 11 is 0. The van der Waals surface area contributed by atoms with E-state index in [1.807, 2.05) is 0 Å². The highest BCUT2D eigenvalue weighted by Crippen LogP contribution is 2.70. The molecule has 160 valence electrons. The van der Waals surface area contributed by atoms with E-state index < -0.39 is 5.60 Å². The molecule has 5 fully saturated rings. The van der Waals surface area contributed by atoms with E-state index in [-0.39, 0.29) is 17.8 Å². The van der Waals surface area contributed by atoms with Gasteiger partial charge in [0.1, 0.15) is 0 Å². The topological polar surface area (TPSA) is 58.9 Å². The lowest BCUT2D eigenvalue weighted by molar-refractivity contribution is -0.249. The molecule has 28 heavy (non-hydrogen) atoms. The summed E-state index contributed by atoms with van der Waals surface area (Å²) in [6.45, 7) is 6.75. The summed E-state index contributed by atoms with van der Waals surface area (Å²) in [4.78, 5) is 0. The lowest BCUT2D eigenvalue weighted by Gasteiger charge is -2.62. The van der Waals surface area contributed by atoms with Gasteiger partial charge in [-0.3, -0.25) is 0 Å². The largest absolute Gasteiger partial charge is 0.396 e. The Hall–Kier alpha value is -0.160. The monoisotopic (exact) mass is 392 g/mol. The summed E-state index contributed by atoms with van der Waals surface area (Å²) in [5.74, 6) is 2.68. The molecule has 0 radical (unpaired) electrons. The Bertz CT molecular complexity index is 601. The number of ether oxygens (including phenoxy) is 2. The molecule has 1 spiro atoms. The van der Waals surface area contributed by atoms with Crippen LogP contribution in [0.25, 0.3) is 0 Å². The van der Waals surface area contributed by atoms with E-state index in [2.05, 4.69) is 13.8 Å². The zero-order chi connectivity index (χ0) is 19.6. The van der Waals surface area contributed by atoms with Crippen LogP contribution in [0.5, 0.6) is 0 Å². The Morgan fingerprint density at radius 3 is 2.39 bits per heavy atom. The second-order valence-electron chi connectivity index (χ2n) is 11.4.